The van der Waals surface area contributed by atoms with Crippen LogP contribution in [0.2, 0.25) is 0 Å². The number of hydrogen-bond acceptors (Lipinski definition) is 6. The van der Waals surface area contributed by atoms with Crippen molar-refractivity contribution in [1.29, 1.82) is 0 Å². The molecule has 176 valence electrons. The van der Waals surface area contributed by atoms with Gasteiger partial charge in [-0.3, -0.25) is 4.79 Å². The number of rotatable bonds is 12. The van der Waals surface area contributed by atoms with Gasteiger partial charge in [0.2, 0.25) is 0 Å². The van der Waals surface area contributed by atoms with Crippen molar-refractivity contribution >= 4 is 23.0 Å². The Morgan fingerprint density at radius 3 is 2.22 bits per heavy atom. The van der Waals surface area contributed by atoms with Gasteiger partial charge in [0.1, 0.15) is 0 Å². The number of carboxylic acids is 1. The van der Waals surface area contributed by atoms with E-state index in [-0.39, 0.29) is 6.42 Å². The van der Waals surface area contributed by atoms with Crippen LogP contribution in [0.4, 0.5) is 17.1 Å². The average molecular weight is 443 g/mol. The van der Waals surface area contributed by atoms with Gasteiger partial charge in [0.25, 0.3) is 0 Å². The third-order valence-corrected chi connectivity index (χ3v) is 5.06. The van der Waals surface area contributed by atoms with E-state index in [9.17, 15) is 9.90 Å². The van der Waals surface area contributed by atoms with Crippen LogP contribution in [0.15, 0.2) is 30.6 Å². The van der Waals surface area contributed by atoms with Crippen molar-refractivity contribution in [3.05, 3.63) is 36.2 Å². The Bertz CT molecular complexity index is 869. The van der Waals surface area contributed by atoms with Crippen LogP contribution in [0, 0.1) is 11.8 Å². The predicted molar refractivity (Wildman–Crippen MR) is 130 cm³/mol. The van der Waals surface area contributed by atoms with Crippen LogP contribution >= 0.6 is 0 Å². The number of ether oxygens (including phenoxy) is 1. The van der Waals surface area contributed by atoms with Crippen LogP contribution in [0.5, 0.6) is 6.01 Å². The molecule has 1 heterocycles. The molecule has 1 aromatic carbocycles. The lowest BCUT2D eigenvalue weighted by Crippen LogP contribution is -2.32. The summed E-state index contributed by atoms with van der Waals surface area (Å²) in [7, 11) is 0. The van der Waals surface area contributed by atoms with Gasteiger partial charge in [0.15, 0.2) is 0 Å². The molecule has 0 saturated carbocycles. The van der Waals surface area contributed by atoms with Crippen LogP contribution in [-0.2, 0) is 10.2 Å². The third kappa shape index (κ3) is 7.39. The molecule has 2 aromatic rings. The molecule has 0 fully saturated rings. The fraction of sp³-hybridized carbons (Fsp3) is 0.560. The SMILES string of the molecule is CCOc1ncc(Nc2cc(C(C)(C)CC(=O)O)ccc2N(CC(C)C)CC(C)C)cn1. The van der Waals surface area contributed by atoms with Crippen molar-refractivity contribution in [2.45, 2.75) is 60.3 Å². The molecule has 7 nitrogen and oxygen atoms in total. The molecule has 2 rings (SSSR count). The second-order valence-corrected chi connectivity index (χ2v) is 9.69. The molecule has 0 aliphatic carbocycles. The Labute approximate surface area is 192 Å². The summed E-state index contributed by atoms with van der Waals surface area (Å²) >= 11 is 0. The van der Waals surface area contributed by atoms with Gasteiger partial charge in [-0.25, -0.2) is 9.97 Å². The van der Waals surface area contributed by atoms with E-state index < -0.39 is 11.4 Å². The standard InChI is InChI=1S/C25H38N4O3/c1-8-32-24-26-13-20(14-27-24)28-21-11-19(25(6,7)12-23(30)31)9-10-22(21)29(15-17(2)3)16-18(4)5/h9-11,13-14,17-18,28H,8,12,15-16H2,1-7H3,(H,30,31). The minimum absolute atomic E-state index is 0.0552. The molecule has 0 spiro atoms. The molecule has 0 aliphatic rings. The van der Waals surface area contributed by atoms with Crippen LogP contribution in [0.1, 0.15) is 60.5 Å². The molecule has 0 atom stereocenters. The lowest BCUT2D eigenvalue weighted by atomic mass is 9.81. The molecule has 0 radical (unpaired) electrons. The van der Waals surface area contributed by atoms with Crippen molar-refractivity contribution < 1.29 is 14.6 Å². The lowest BCUT2D eigenvalue weighted by Gasteiger charge is -2.32. The molecule has 1 aromatic heterocycles. The number of carbonyl (C=O) groups is 1. The summed E-state index contributed by atoms with van der Waals surface area (Å²) in [6.07, 6.45) is 3.46. The first-order valence-corrected chi connectivity index (χ1v) is 11.3. The van der Waals surface area contributed by atoms with E-state index in [1.165, 1.54) is 0 Å². The summed E-state index contributed by atoms with van der Waals surface area (Å²) in [6, 6.07) is 6.55. The number of anilines is 3. The fourth-order valence-corrected chi connectivity index (χ4v) is 3.71. The first kappa shape index (κ1) is 25.4. The summed E-state index contributed by atoms with van der Waals surface area (Å²) in [5.74, 6) is 0.187. The second-order valence-electron chi connectivity index (χ2n) is 9.69. The monoisotopic (exact) mass is 442 g/mol. The van der Waals surface area contributed by atoms with Crippen molar-refractivity contribution in [3.63, 3.8) is 0 Å². The quantitative estimate of drug-likeness (QED) is 0.449. The van der Waals surface area contributed by atoms with Crippen LogP contribution in [0.25, 0.3) is 0 Å². The number of aliphatic carboxylic acids is 1. The number of carboxylic acid groups (broad SMARTS) is 1. The molecule has 0 bridgehead atoms. The minimum atomic E-state index is -0.810. The van der Waals surface area contributed by atoms with E-state index in [4.69, 9.17) is 4.74 Å². The van der Waals surface area contributed by atoms with Gasteiger partial charge in [-0.15, -0.1) is 0 Å². The summed E-state index contributed by atoms with van der Waals surface area (Å²) < 4.78 is 5.35. The van der Waals surface area contributed by atoms with E-state index >= 15 is 0 Å². The van der Waals surface area contributed by atoms with Crippen LogP contribution < -0.4 is 15.0 Å². The Morgan fingerprint density at radius 1 is 1.12 bits per heavy atom. The second kappa shape index (κ2) is 11.2. The first-order valence-electron chi connectivity index (χ1n) is 11.3. The predicted octanol–water partition coefficient (Wildman–Crippen LogP) is 5.49. The van der Waals surface area contributed by atoms with Crippen molar-refractivity contribution in [1.82, 2.24) is 9.97 Å². The molecule has 32 heavy (non-hydrogen) atoms. The molecule has 0 saturated heterocycles. The van der Waals surface area contributed by atoms with Gasteiger partial charge in [0.05, 0.1) is 42.5 Å². The smallest absolute Gasteiger partial charge is 0.316 e. The molecule has 7 heteroatoms. The number of nitrogens with zero attached hydrogens (tertiary/aromatic N) is 3. The first-order chi connectivity index (χ1) is 15.0. The van der Waals surface area contributed by atoms with E-state index in [1.807, 2.05) is 26.8 Å². The maximum atomic E-state index is 11.4. The van der Waals surface area contributed by atoms with Gasteiger partial charge >= 0.3 is 12.0 Å². The highest BCUT2D eigenvalue weighted by molar-refractivity contribution is 5.77. The lowest BCUT2D eigenvalue weighted by molar-refractivity contribution is -0.138. The zero-order valence-corrected chi connectivity index (χ0v) is 20.5. The molecular weight excluding hydrogens is 404 g/mol. The average Bonchev–Trinajstić information content (AvgIpc) is 2.67. The highest BCUT2D eigenvalue weighted by atomic mass is 16.5. The zero-order chi connectivity index (χ0) is 23.9. The van der Waals surface area contributed by atoms with Crippen LogP contribution in [-0.4, -0.2) is 40.7 Å². The number of benzene rings is 1. The van der Waals surface area contributed by atoms with E-state index in [2.05, 4.69) is 60.0 Å². The fourth-order valence-electron chi connectivity index (χ4n) is 3.71. The largest absolute Gasteiger partial charge is 0.481 e. The van der Waals surface area contributed by atoms with E-state index in [0.29, 0.717) is 24.5 Å². The summed E-state index contributed by atoms with van der Waals surface area (Å²) in [5.41, 5.74) is 3.20. The molecule has 0 unspecified atom stereocenters. The van der Waals surface area contributed by atoms with Crippen molar-refractivity contribution in [2.24, 2.45) is 11.8 Å². The Balaban J connectivity index is 2.50. The van der Waals surface area contributed by atoms with E-state index in [0.717, 1.165) is 35.7 Å². The summed E-state index contributed by atoms with van der Waals surface area (Å²) in [5, 5.41) is 12.8. The van der Waals surface area contributed by atoms with Crippen molar-refractivity contribution in [3.8, 4) is 6.01 Å². The topological polar surface area (TPSA) is 87.6 Å². The van der Waals surface area contributed by atoms with Gasteiger partial charge < -0.3 is 20.1 Å². The van der Waals surface area contributed by atoms with E-state index in [1.54, 1.807) is 12.4 Å². The normalized spacial score (nSPS) is 11.7. The summed E-state index contributed by atoms with van der Waals surface area (Å²) in [6.45, 7) is 17.0. The summed E-state index contributed by atoms with van der Waals surface area (Å²) in [4.78, 5) is 22.3. The minimum Gasteiger partial charge on any atom is -0.481 e. The number of aromatic nitrogens is 2. The highest BCUT2D eigenvalue weighted by Gasteiger charge is 2.26. The van der Waals surface area contributed by atoms with Crippen LogP contribution in [0.3, 0.4) is 0 Å². The number of nitrogens with one attached hydrogen (secondary N) is 1. The maximum Gasteiger partial charge on any atom is 0.316 e. The maximum absolute atomic E-state index is 11.4. The van der Waals surface area contributed by atoms with Gasteiger partial charge in [-0.05, 0) is 36.5 Å². The van der Waals surface area contributed by atoms with Gasteiger partial charge in [-0.1, -0.05) is 47.6 Å². The Hall–Kier alpha value is -2.83. The Morgan fingerprint density at radius 2 is 1.72 bits per heavy atom. The third-order valence-electron chi connectivity index (χ3n) is 5.06. The van der Waals surface area contributed by atoms with Gasteiger partial charge in [-0.2, -0.15) is 0 Å². The molecule has 0 aliphatic heterocycles. The number of hydrogen-bond donors (Lipinski definition) is 2. The Kier molecular flexibility index (Phi) is 8.87. The van der Waals surface area contributed by atoms with Gasteiger partial charge in [0, 0.05) is 18.5 Å². The molecule has 2 N–H and O–H groups in total. The molecule has 0 amide bonds. The zero-order valence-electron chi connectivity index (χ0n) is 20.5. The van der Waals surface area contributed by atoms with Crippen molar-refractivity contribution in [2.75, 3.05) is 29.9 Å². The highest BCUT2D eigenvalue weighted by Crippen LogP contribution is 2.36. The molecular formula is C25H38N4O3.